The SMILES string of the molecule is CCCS(=O)(=O)Nc1cccc(-c2nc(C(C)(C)C)sc2-c2ccnc(NC[C@H](C)N)n2)c1Cl. The Morgan fingerprint density at radius 3 is 2.59 bits per heavy atom. The van der Waals surface area contributed by atoms with Crippen LogP contribution in [0.2, 0.25) is 5.02 Å². The zero-order chi connectivity index (χ0) is 25.1. The first-order valence-electron chi connectivity index (χ1n) is 11.0. The summed E-state index contributed by atoms with van der Waals surface area (Å²) in [6.07, 6.45) is 2.19. The average Bonchev–Trinajstić information content (AvgIpc) is 3.19. The van der Waals surface area contributed by atoms with Gasteiger partial charge in [-0.25, -0.2) is 23.4 Å². The maximum atomic E-state index is 12.4. The van der Waals surface area contributed by atoms with Gasteiger partial charge in [0, 0.05) is 29.8 Å². The highest BCUT2D eigenvalue weighted by molar-refractivity contribution is 7.92. The topological polar surface area (TPSA) is 123 Å². The number of anilines is 2. The van der Waals surface area contributed by atoms with E-state index in [9.17, 15) is 8.42 Å². The van der Waals surface area contributed by atoms with Gasteiger partial charge in [-0.05, 0) is 25.5 Å². The van der Waals surface area contributed by atoms with Crippen molar-refractivity contribution in [2.45, 2.75) is 52.5 Å². The molecule has 0 fully saturated rings. The number of hydrogen-bond donors (Lipinski definition) is 3. The minimum Gasteiger partial charge on any atom is -0.353 e. The molecule has 0 spiro atoms. The minimum absolute atomic E-state index is 0.0157. The van der Waals surface area contributed by atoms with Crippen molar-refractivity contribution >= 4 is 44.6 Å². The number of sulfonamides is 1. The summed E-state index contributed by atoms with van der Waals surface area (Å²) < 4.78 is 27.3. The predicted octanol–water partition coefficient (Wildman–Crippen LogP) is 5.13. The molecule has 11 heteroatoms. The van der Waals surface area contributed by atoms with Gasteiger partial charge < -0.3 is 11.1 Å². The van der Waals surface area contributed by atoms with E-state index in [1.165, 1.54) is 11.3 Å². The zero-order valence-electron chi connectivity index (χ0n) is 20.0. The van der Waals surface area contributed by atoms with E-state index < -0.39 is 10.0 Å². The van der Waals surface area contributed by atoms with E-state index in [-0.39, 0.29) is 17.2 Å². The summed E-state index contributed by atoms with van der Waals surface area (Å²) in [4.78, 5) is 14.7. The van der Waals surface area contributed by atoms with Gasteiger partial charge in [0.05, 0.1) is 37.7 Å². The number of nitrogens with zero attached hydrogens (tertiary/aromatic N) is 3. The van der Waals surface area contributed by atoms with E-state index in [0.29, 0.717) is 46.6 Å². The largest absolute Gasteiger partial charge is 0.353 e. The molecule has 3 aromatic rings. The fourth-order valence-corrected chi connectivity index (χ4v) is 5.67. The maximum absolute atomic E-state index is 12.4. The molecule has 0 bridgehead atoms. The molecule has 0 aliphatic heterocycles. The Morgan fingerprint density at radius 2 is 1.94 bits per heavy atom. The average molecular weight is 523 g/mol. The highest BCUT2D eigenvalue weighted by Gasteiger charge is 2.26. The molecule has 0 unspecified atom stereocenters. The third-order valence-corrected chi connectivity index (χ3v) is 8.12. The molecule has 1 atom stereocenters. The molecule has 0 saturated carbocycles. The van der Waals surface area contributed by atoms with Gasteiger partial charge in [0.15, 0.2) is 0 Å². The Kier molecular flexibility index (Phi) is 8.18. The van der Waals surface area contributed by atoms with E-state index in [2.05, 4.69) is 40.8 Å². The molecule has 184 valence electrons. The van der Waals surface area contributed by atoms with Crippen LogP contribution in [-0.2, 0) is 15.4 Å². The van der Waals surface area contributed by atoms with E-state index in [0.717, 1.165) is 9.88 Å². The maximum Gasteiger partial charge on any atom is 0.232 e. The summed E-state index contributed by atoms with van der Waals surface area (Å²) in [5.74, 6) is 0.487. The van der Waals surface area contributed by atoms with Gasteiger partial charge in [-0.1, -0.05) is 51.4 Å². The first-order valence-corrected chi connectivity index (χ1v) is 13.9. The van der Waals surface area contributed by atoms with Gasteiger partial charge in [-0.3, -0.25) is 4.72 Å². The molecular weight excluding hydrogens is 492 g/mol. The summed E-state index contributed by atoms with van der Waals surface area (Å²) in [6.45, 7) is 10.5. The van der Waals surface area contributed by atoms with Crippen LogP contribution >= 0.6 is 22.9 Å². The molecular formula is C23H31ClN6O2S2. The second kappa shape index (κ2) is 10.6. The van der Waals surface area contributed by atoms with Crippen LogP contribution < -0.4 is 15.8 Å². The Hall–Kier alpha value is -2.27. The van der Waals surface area contributed by atoms with Crippen molar-refractivity contribution in [2.24, 2.45) is 5.73 Å². The molecule has 0 radical (unpaired) electrons. The Labute approximate surface area is 210 Å². The van der Waals surface area contributed by atoms with Crippen molar-refractivity contribution < 1.29 is 8.42 Å². The second-order valence-corrected chi connectivity index (χ2v) is 12.4. The smallest absolute Gasteiger partial charge is 0.232 e. The Morgan fingerprint density at radius 1 is 1.21 bits per heavy atom. The summed E-state index contributed by atoms with van der Waals surface area (Å²) in [5, 5.41) is 4.34. The van der Waals surface area contributed by atoms with Crippen LogP contribution in [0, 0.1) is 0 Å². The quantitative estimate of drug-likeness (QED) is 0.356. The lowest BCUT2D eigenvalue weighted by Crippen LogP contribution is -2.25. The van der Waals surface area contributed by atoms with Crippen molar-refractivity contribution in [3.63, 3.8) is 0 Å². The number of hydrogen-bond acceptors (Lipinski definition) is 8. The normalized spacial score (nSPS) is 13.0. The van der Waals surface area contributed by atoms with E-state index >= 15 is 0 Å². The Balaban J connectivity index is 2.12. The summed E-state index contributed by atoms with van der Waals surface area (Å²) >= 11 is 8.26. The molecule has 0 amide bonds. The standard InChI is InChI=1S/C23H31ClN6O2S2/c1-6-12-34(31,32)30-16-9-7-8-15(18(16)24)19-20(33-21(29-19)23(3,4)5)17-10-11-26-22(28-17)27-13-14(2)25/h7-11,14,30H,6,12-13,25H2,1-5H3,(H,26,27,28)/t14-/m0/s1. The monoisotopic (exact) mass is 522 g/mol. The molecule has 34 heavy (non-hydrogen) atoms. The number of halogens is 1. The molecule has 8 nitrogen and oxygen atoms in total. The third-order valence-electron chi connectivity index (χ3n) is 4.73. The number of thiazole rings is 1. The number of aromatic nitrogens is 3. The summed E-state index contributed by atoms with van der Waals surface area (Å²) in [6, 6.07) is 7.03. The van der Waals surface area contributed by atoms with E-state index in [4.69, 9.17) is 22.3 Å². The number of nitrogens with two attached hydrogens (primary N) is 1. The summed E-state index contributed by atoms with van der Waals surface area (Å²) in [5.41, 5.74) is 7.94. The van der Waals surface area contributed by atoms with Crippen LogP contribution in [0.5, 0.6) is 0 Å². The lowest BCUT2D eigenvalue weighted by Gasteiger charge is -2.14. The molecule has 2 aromatic heterocycles. The highest BCUT2D eigenvalue weighted by Crippen LogP contribution is 2.43. The number of benzene rings is 1. The van der Waals surface area contributed by atoms with Crippen LogP contribution in [-0.4, -0.2) is 41.7 Å². The van der Waals surface area contributed by atoms with Gasteiger partial charge in [-0.2, -0.15) is 0 Å². The molecule has 4 N–H and O–H groups in total. The van der Waals surface area contributed by atoms with Crippen molar-refractivity contribution in [1.29, 1.82) is 0 Å². The third kappa shape index (κ3) is 6.44. The van der Waals surface area contributed by atoms with Crippen molar-refractivity contribution in [3.05, 3.63) is 40.5 Å². The van der Waals surface area contributed by atoms with Gasteiger partial charge >= 0.3 is 0 Å². The predicted molar refractivity (Wildman–Crippen MR) is 142 cm³/mol. The number of nitrogens with one attached hydrogen (secondary N) is 2. The van der Waals surface area contributed by atoms with Gasteiger partial charge in [0.2, 0.25) is 16.0 Å². The highest BCUT2D eigenvalue weighted by atomic mass is 35.5. The first-order chi connectivity index (χ1) is 15.9. The van der Waals surface area contributed by atoms with E-state index in [1.54, 1.807) is 18.3 Å². The molecule has 0 saturated heterocycles. The summed E-state index contributed by atoms with van der Waals surface area (Å²) in [7, 11) is -3.50. The molecule has 0 aliphatic carbocycles. The van der Waals surface area contributed by atoms with Crippen molar-refractivity contribution in [3.8, 4) is 21.8 Å². The van der Waals surface area contributed by atoms with Gasteiger partial charge in [0.25, 0.3) is 0 Å². The van der Waals surface area contributed by atoms with Crippen molar-refractivity contribution in [1.82, 2.24) is 15.0 Å². The van der Waals surface area contributed by atoms with Crippen LogP contribution in [0.25, 0.3) is 21.8 Å². The first kappa shape index (κ1) is 26.3. The lowest BCUT2D eigenvalue weighted by molar-refractivity contribution is 0.586. The lowest BCUT2D eigenvalue weighted by atomic mass is 9.98. The zero-order valence-corrected chi connectivity index (χ0v) is 22.4. The van der Waals surface area contributed by atoms with Crippen LogP contribution in [0.15, 0.2) is 30.5 Å². The minimum atomic E-state index is -3.50. The molecule has 0 aliphatic rings. The fourth-order valence-electron chi connectivity index (χ4n) is 3.10. The Bertz CT molecular complexity index is 1250. The van der Waals surface area contributed by atoms with Crippen LogP contribution in [0.3, 0.4) is 0 Å². The molecule has 3 rings (SSSR count). The van der Waals surface area contributed by atoms with Gasteiger partial charge in [-0.15, -0.1) is 11.3 Å². The number of rotatable bonds is 9. The van der Waals surface area contributed by atoms with Crippen LogP contribution in [0.1, 0.15) is 46.0 Å². The molecule has 1 aromatic carbocycles. The van der Waals surface area contributed by atoms with E-state index in [1.807, 2.05) is 26.0 Å². The van der Waals surface area contributed by atoms with Crippen molar-refractivity contribution in [2.75, 3.05) is 22.3 Å². The van der Waals surface area contributed by atoms with Crippen LogP contribution in [0.4, 0.5) is 11.6 Å². The molecule has 2 heterocycles. The second-order valence-electron chi connectivity index (χ2n) is 9.16. The van der Waals surface area contributed by atoms with Gasteiger partial charge in [0.1, 0.15) is 0 Å². The fraction of sp³-hybridized carbons (Fsp3) is 0.435.